The summed E-state index contributed by atoms with van der Waals surface area (Å²) < 4.78 is 31.2. The number of piperidine rings is 1. The van der Waals surface area contributed by atoms with Gasteiger partial charge in [-0.25, -0.2) is 8.42 Å². The van der Waals surface area contributed by atoms with E-state index in [-0.39, 0.29) is 5.75 Å². The van der Waals surface area contributed by atoms with Crippen LogP contribution in [0.3, 0.4) is 0 Å². The Kier molecular flexibility index (Phi) is 5.47. The van der Waals surface area contributed by atoms with Crippen molar-refractivity contribution < 1.29 is 13.2 Å². The zero-order chi connectivity index (χ0) is 15.3. The predicted octanol–water partition coefficient (Wildman–Crippen LogP) is 1.99. The van der Waals surface area contributed by atoms with E-state index in [0.29, 0.717) is 18.2 Å². The SMILES string of the molecule is COc1ccc(N(C)S(=O)(=O)CCC2CCCCN2)cc1. The molecule has 0 spiro atoms. The summed E-state index contributed by atoms with van der Waals surface area (Å²) in [5.41, 5.74) is 0.660. The summed E-state index contributed by atoms with van der Waals surface area (Å²) >= 11 is 0. The Balaban J connectivity index is 1.96. The number of nitrogens with one attached hydrogen (secondary N) is 1. The van der Waals surface area contributed by atoms with Gasteiger partial charge in [0, 0.05) is 13.1 Å². The van der Waals surface area contributed by atoms with Crippen molar-refractivity contribution in [1.82, 2.24) is 5.32 Å². The van der Waals surface area contributed by atoms with Crippen LogP contribution >= 0.6 is 0 Å². The van der Waals surface area contributed by atoms with Crippen LogP contribution in [0.25, 0.3) is 0 Å². The van der Waals surface area contributed by atoms with E-state index < -0.39 is 10.0 Å². The van der Waals surface area contributed by atoms with E-state index in [0.717, 1.165) is 18.7 Å². The van der Waals surface area contributed by atoms with E-state index in [1.165, 1.54) is 17.1 Å². The number of hydrogen-bond donors (Lipinski definition) is 1. The number of sulfonamides is 1. The van der Waals surface area contributed by atoms with Crippen molar-refractivity contribution in [2.75, 3.05) is 30.8 Å². The van der Waals surface area contributed by atoms with Crippen molar-refractivity contribution >= 4 is 15.7 Å². The lowest BCUT2D eigenvalue weighted by molar-refractivity contribution is 0.392. The van der Waals surface area contributed by atoms with E-state index in [2.05, 4.69) is 5.32 Å². The Morgan fingerprint density at radius 1 is 1.29 bits per heavy atom. The Hall–Kier alpha value is -1.27. The summed E-state index contributed by atoms with van der Waals surface area (Å²) in [5, 5.41) is 3.39. The molecule has 0 aromatic heterocycles. The highest BCUT2D eigenvalue weighted by atomic mass is 32.2. The Morgan fingerprint density at radius 2 is 2.00 bits per heavy atom. The molecule has 1 atom stereocenters. The summed E-state index contributed by atoms with van der Waals surface area (Å²) in [6, 6.07) is 7.39. The second kappa shape index (κ2) is 7.13. The van der Waals surface area contributed by atoms with E-state index in [9.17, 15) is 8.42 Å². The molecule has 2 rings (SSSR count). The smallest absolute Gasteiger partial charge is 0.234 e. The van der Waals surface area contributed by atoms with E-state index >= 15 is 0 Å². The maximum absolute atomic E-state index is 12.4. The van der Waals surface area contributed by atoms with Crippen LogP contribution in [-0.2, 0) is 10.0 Å². The van der Waals surface area contributed by atoms with Crippen LogP contribution in [0.1, 0.15) is 25.7 Å². The molecule has 1 unspecified atom stereocenters. The zero-order valence-electron chi connectivity index (χ0n) is 12.7. The molecule has 1 fully saturated rings. The molecule has 1 heterocycles. The molecule has 1 aliphatic heterocycles. The lowest BCUT2D eigenvalue weighted by Gasteiger charge is -2.25. The Labute approximate surface area is 127 Å². The maximum atomic E-state index is 12.4. The number of benzene rings is 1. The third kappa shape index (κ3) is 4.35. The topological polar surface area (TPSA) is 58.6 Å². The molecule has 6 heteroatoms. The van der Waals surface area contributed by atoms with Crippen LogP contribution in [0.4, 0.5) is 5.69 Å². The van der Waals surface area contributed by atoms with Crippen LogP contribution in [-0.4, -0.2) is 40.9 Å². The molecule has 0 amide bonds. The fraction of sp³-hybridized carbons (Fsp3) is 0.600. The Bertz CT molecular complexity index is 537. The van der Waals surface area contributed by atoms with E-state index in [4.69, 9.17) is 4.74 Å². The van der Waals surface area contributed by atoms with Crippen LogP contribution < -0.4 is 14.4 Å². The van der Waals surface area contributed by atoms with Gasteiger partial charge in [-0.3, -0.25) is 4.31 Å². The van der Waals surface area contributed by atoms with Gasteiger partial charge in [-0.1, -0.05) is 6.42 Å². The number of hydrogen-bond acceptors (Lipinski definition) is 4. The molecule has 1 aliphatic rings. The summed E-state index contributed by atoms with van der Waals surface area (Å²) in [6.45, 7) is 0.999. The van der Waals surface area contributed by atoms with Crippen LogP contribution in [0.5, 0.6) is 5.75 Å². The molecule has 1 aromatic carbocycles. The molecule has 0 radical (unpaired) electrons. The number of ether oxygens (including phenoxy) is 1. The van der Waals surface area contributed by atoms with Gasteiger partial charge in [0.25, 0.3) is 0 Å². The summed E-state index contributed by atoms with van der Waals surface area (Å²) in [5.74, 6) is 0.892. The molecule has 1 saturated heterocycles. The van der Waals surface area contributed by atoms with Crippen LogP contribution in [0.2, 0.25) is 0 Å². The van der Waals surface area contributed by atoms with Crippen molar-refractivity contribution in [3.05, 3.63) is 24.3 Å². The fourth-order valence-corrected chi connectivity index (χ4v) is 3.85. The first-order valence-corrected chi connectivity index (χ1v) is 8.98. The fourth-order valence-electron chi connectivity index (χ4n) is 2.55. The summed E-state index contributed by atoms with van der Waals surface area (Å²) in [6.07, 6.45) is 4.12. The van der Waals surface area contributed by atoms with Gasteiger partial charge in [0.05, 0.1) is 18.6 Å². The lowest BCUT2D eigenvalue weighted by atomic mass is 10.0. The minimum absolute atomic E-state index is 0.174. The molecule has 1 N–H and O–H groups in total. The first kappa shape index (κ1) is 16.1. The van der Waals surface area contributed by atoms with Gasteiger partial charge in [0.2, 0.25) is 10.0 Å². The highest BCUT2D eigenvalue weighted by molar-refractivity contribution is 7.92. The van der Waals surface area contributed by atoms with Crippen molar-refractivity contribution in [1.29, 1.82) is 0 Å². The quantitative estimate of drug-likeness (QED) is 0.873. The first-order valence-electron chi connectivity index (χ1n) is 7.37. The largest absolute Gasteiger partial charge is 0.497 e. The summed E-state index contributed by atoms with van der Waals surface area (Å²) in [4.78, 5) is 0. The molecule has 1 aromatic rings. The number of nitrogens with zero attached hydrogens (tertiary/aromatic N) is 1. The predicted molar refractivity (Wildman–Crippen MR) is 85.4 cm³/mol. The van der Waals surface area contributed by atoms with Gasteiger partial charge in [-0.05, 0) is 50.1 Å². The molecule has 0 aliphatic carbocycles. The normalized spacial score (nSPS) is 19.2. The van der Waals surface area contributed by atoms with E-state index in [1.54, 1.807) is 38.4 Å². The van der Waals surface area contributed by atoms with Crippen LogP contribution in [0, 0.1) is 0 Å². The molecule has 5 nitrogen and oxygen atoms in total. The lowest BCUT2D eigenvalue weighted by Crippen LogP contribution is -2.37. The molecular formula is C15H24N2O3S. The van der Waals surface area contributed by atoms with Crippen molar-refractivity contribution in [3.8, 4) is 5.75 Å². The van der Waals surface area contributed by atoms with Gasteiger partial charge in [0.1, 0.15) is 5.75 Å². The first-order chi connectivity index (χ1) is 10.0. The number of rotatable bonds is 6. The molecular weight excluding hydrogens is 288 g/mol. The summed E-state index contributed by atoms with van der Waals surface area (Å²) in [7, 11) is -0.0872. The van der Waals surface area contributed by atoms with Gasteiger partial charge in [0.15, 0.2) is 0 Å². The minimum Gasteiger partial charge on any atom is -0.497 e. The highest BCUT2D eigenvalue weighted by Crippen LogP contribution is 2.21. The zero-order valence-corrected chi connectivity index (χ0v) is 13.5. The number of methoxy groups -OCH3 is 1. The number of anilines is 1. The Morgan fingerprint density at radius 3 is 2.57 bits per heavy atom. The van der Waals surface area contributed by atoms with Crippen molar-refractivity contribution in [2.24, 2.45) is 0 Å². The van der Waals surface area contributed by atoms with Gasteiger partial charge >= 0.3 is 0 Å². The van der Waals surface area contributed by atoms with Crippen molar-refractivity contribution in [3.63, 3.8) is 0 Å². The molecule has 0 bridgehead atoms. The second-order valence-corrected chi connectivity index (χ2v) is 7.54. The van der Waals surface area contributed by atoms with E-state index in [1.807, 2.05) is 0 Å². The third-order valence-electron chi connectivity index (χ3n) is 3.99. The maximum Gasteiger partial charge on any atom is 0.234 e. The third-order valence-corrected chi connectivity index (χ3v) is 5.79. The van der Waals surface area contributed by atoms with Gasteiger partial charge in [-0.2, -0.15) is 0 Å². The molecule has 21 heavy (non-hydrogen) atoms. The highest BCUT2D eigenvalue weighted by Gasteiger charge is 2.21. The standard InChI is InChI=1S/C15H24N2O3S/c1-17(14-6-8-15(20-2)9-7-14)21(18,19)12-10-13-5-3-4-11-16-13/h6-9,13,16H,3-5,10-12H2,1-2H3. The van der Waals surface area contributed by atoms with Gasteiger partial charge in [-0.15, -0.1) is 0 Å². The molecule has 0 saturated carbocycles. The molecule has 118 valence electrons. The second-order valence-electron chi connectivity index (χ2n) is 5.42. The minimum atomic E-state index is -3.28. The monoisotopic (exact) mass is 312 g/mol. The average Bonchev–Trinajstić information content (AvgIpc) is 2.53. The van der Waals surface area contributed by atoms with Crippen molar-refractivity contribution in [2.45, 2.75) is 31.7 Å². The van der Waals surface area contributed by atoms with Crippen LogP contribution in [0.15, 0.2) is 24.3 Å². The average molecular weight is 312 g/mol. The van der Waals surface area contributed by atoms with Gasteiger partial charge < -0.3 is 10.1 Å².